The fraction of sp³-hybridized carbons (Fsp3) is 0.778. The van der Waals surface area contributed by atoms with Crippen LogP contribution in [0.5, 0.6) is 5.75 Å². The lowest BCUT2D eigenvalue weighted by molar-refractivity contribution is 0.132. The van der Waals surface area contributed by atoms with Gasteiger partial charge in [0.2, 0.25) is 0 Å². The molecule has 0 amide bonds. The van der Waals surface area contributed by atoms with E-state index in [-0.39, 0.29) is 0 Å². The van der Waals surface area contributed by atoms with E-state index in [4.69, 9.17) is 9.47 Å². The molecule has 0 atom stereocenters. The minimum Gasteiger partial charge on any atom is -0.471 e. The highest BCUT2D eigenvalue weighted by molar-refractivity contribution is 5.62. The average molecular weight is 433 g/mol. The molecular formula is C27H48N2O2. The van der Waals surface area contributed by atoms with E-state index in [1.807, 2.05) is 0 Å². The molecule has 1 aliphatic heterocycles. The predicted octanol–water partition coefficient (Wildman–Crippen LogP) is 6.86. The maximum Gasteiger partial charge on any atom is 0.159 e. The highest BCUT2D eigenvalue weighted by Crippen LogP contribution is 2.33. The highest BCUT2D eigenvalue weighted by Gasteiger charge is 2.15. The summed E-state index contributed by atoms with van der Waals surface area (Å²) in [6.07, 6.45) is 18.1. The van der Waals surface area contributed by atoms with E-state index >= 15 is 0 Å². The molecule has 0 aromatic heterocycles. The summed E-state index contributed by atoms with van der Waals surface area (Å²) in [5.74, 6) is 1.04. The molecule has 0 fully saturated rings. The van der Waals surface area contributed by atoms with E-state index < -0.39 is 0 Å². The van der Waals surface area contributed by atoms with Crippen LogP contribution in [-0.2, 0) is 17.6 Å². The van der Waals surface area contributed by atoms with E-state index in [1.54, 1.807) is 0 Å². The lowest BCUT2D eigenvalue weighted by atomic mass is 9.96. The largest absolute Gasteiger partial charge is 0.471 e. The van der Waals surface area contributed by atoms with Gasteiger partial charge in [-0.05, 0) is 68.3 Å². The molecule has 31 heavy (non-hydrogen) atoms. The van der Waals surface area contributed by atoms with Crippen molar-refractivity contribution < 1.29 is 9.47 Å². The molecule has 0 bridgehead atoms. The molecule has 0 saturated heterocycles. The van der Waals surface area contributed by atoms with Crippen LogP contribution in [0.4, 0.5) is 5.69 Å². The number of anilines is 1. The Morgan fingerprint density at radius 1 is 0.774 bits per heavy atom. The zero-order chi connectivity index (χ0) is 22.0. The van der Waals surface area contributed by atoms with Gasteiger partial charge in [0, 0.05) is 13.2 Å². The zero-order valence-corrected chi connectivity index (χ0v) is 20.4. The maximum absolute atomic E-state index is 5.79. The lowest BCUT2D eigenvalue weighted by Crippen LogP contribution is -2.20. The van der Waals surface area contributed by atoms with Crippen molar-refractivity contribution in [1.82, 2.24) is 5.32 Å². The molecular weight excluding hydrogens is 384 g/mol. The number of benzene rings is 1. The van der Waals surface area contributed by atoms with Crippen molar-refractivity contribution in [3.63, 3.8) is 0 Å². The van der Waals surface area contributed by atoms with Crippen LogP contribution in [0, 0.1) is 0 Å². The Bertz CT molecular complexity index is 577. The molecule has 0 spiro atoms. The Kier molecular flexibility index (Phi) is 14.5. The van der Waals surface area contributed by atoms with Crippen molar-refractivity contribution >= 4 is 5.69 Å². The van der Waals surface area contributed by atoms with Gasteiger partial charge < -0.3 is 20.1 Å². The molecule has 4 nitrogen and oxygen atoms in total. The van der Waals surface area contributed by atoms with E-state index in [1.165, 1.54) is 93.9 Å². The van der Waals surface area contributed by atoms with Crippen molar-refractivity contribution in [3.8, 4) is 5.75 Å². The van der Waals surface area contributed by atoms with Crippen molar-refractivity contribution in [2.75, 3.05) is 38.4 Å². The smallest absolute Gasteiger partial charge is 0.159 e. The van der Waals surface area contributed by atoms with Crippen LogP contribution in [0.25, 0.3) is 0 Å². The van der Waals surface area contributed by atoms with Crippen molar-refractivity contribution in [1.29, 1.82) is 0 Å². The second kappa shape index (κ2) is 17.3. The summed E-state index contributed by atoms with van der Waals surface area (Å²) in [6, 6.07) is 4.63. The van der Waals surface area contributed by atoms with Crippen LogP contribution in [-0.4, -0.2) is 33.0 Å². The monoisotopic (exact) mass is 432 g/mol. The first-order valence-electron chi connectivity index (χ1n) is 13.2. The van der Waals surface area contributed by atoms with Gasteiger partial charge in [-0.15, -0.1) is 0 Å². The summed E-state index contributed by atoms with van der Waals surface area (Å²) < 4.78 is 11.5. The molecule has 2 rings (SSSR count). The van der Waals surface area contributed by atoms with Gasteiger partial charge in [-0.1, -0.05) is 65.2 Å². The fourth-order valence-corrected chi connectivity index (χ4v) is 4.22. The van der Waals surface area contributed by atoms with E-state index in [9.17, 15) is 0 Å². The maximum atomic E-state index is 5.79. The van der Waals surface area contributed by atoms with Gasteiger partial charge in [0.25, 0.3) is 0 Å². The molecule has 0 radical (unpaired) electrons. The standard InChI is InChI=1S/C27H48N2O2/c1-3-5-7-8-9-10-11-12-15-25-22-27-26(29-23-31-27)21-24(25)16-13-14-19-30-20-18-28-17-6-4-2/h21-22,28-29H,3-20,23H2,1-2H3. The number of fused-ring (bicyclic) bond motifs is 1. The van der Waals surface area contributed by atoms with Gasteiger partial charge in [0.15, 0.2) is 6.73 Å². The Morgan fingerprint density at radius 3 is 2.23 bits per heavy atom. The van der Waals surface area contributed by atoms with Gasteiger partial charge in [-0.25, -0.2) is 0 Å². The number of hydrogen-bond acceptors (Lipinski definition) is 4. The minimum atomic E-state index is 0.607. The average Bonchev–Trinajstić information content (AvgIpc) is 3.24. The van der Waals surface area contributed by atoms with Crippen LogP contribution >= 0.6 is 0 Å². The first-order valence-corrected chi connectivity index (χ1v) is 13.2. The van der Waals surface area contributed by atoms with Gasteiger partial charge in [0.05, 0.1) is 12.3 Å². The number of rotatable bonds is 20. The van der Waals surface area contributed by atoms with Crippen molar-refractivity contribution in [2.24, 2.45) is 0 Å². The highest BCUT2D eigenvalue weighted by atomic mass is 16.5. The molecule has 1 heterocycles. The summed E-state index contributed by atoms with van der Waals surface area (Å²) in [7, 11) is 0. The second-order valence-corrected chi connectivity index (χ2v) is 8.98. The Hall–Kier alpha value is -1.26. The fourth-order valence-electron chi connectivity index (χ4n) is 4.22. The first-order chi connectivity index (χ1) is 15.3. The van der Waals surface area contributed by atoms with Crippen molar-refractivity contribution in [2.45, 2.75) is 104 Å². The van der Waals surface area contributed by atoms with Gasteiger partial charge >= 0.3 is 0 Å². The molecule has 1 aliphatic rings. The molecule has 1 aromatic rings. The lowest BCUT2D eigenvalue weighted by Gasteiger charge is -2.12. The third-order valence-corrected chi connectivity index (χ3v) is 6.21. The van der Waals surface area contributed by atoms with Crippen LogP contribution in [0.1, 0.15) is 102 Å². The molecule has 1 aromatic carbocycles. The minimum absolute atomic E-state index is 0.607. The Labute approximate surface area is 191 Å². The summed E-state index contributed by atoms with van der Waals surface area (Å²) >= 11 is 0. The topological polar surface area (TPSA) is 42.5 Å². The third kappa shape index (κ3) is 11.2. The molecule has 0 unspecified atom stereocenters. The predicted molar refractivity (Wildman–Crippen MR) is 133 cm³/mol. The first kappa shape index (κ1) is 26.0. The molecule has 4 heteroatoms. The molecule has 0 saturated carbocycles. The molecule has 0 aliphatic carbocycles. The number of unbranched alkanes of at least 4 members (excludes halogenated alkanes) is 9. The number of nitrogens with one attached hydrogen (secondary N) is 2. The SMILES string of the molecule is CCCCCCCCCCc1cc2c(cc1CCCCOCCNCCCC)NCO2. The summed E-state index contributed by atoms with van der Waals surface area (Å²) in [5.41, 5.74) is 4.17. The normalized spacial score (nSPS) is 12.6. The van der Waals surface area contributed by atoms with Gasteiger partial charge in [0.1, 0.15) is 5.75 Å². The van der Waals surface area contributed by atoms with Crippen LogP contribution in [0.2, 0.25) is 0 Å². The summed E-state index contributed by atoms with van der Waals surface area (Å²) in [4.78, 5) is 0. The van der Waals surface area contributed by atoms with Gasteiger partial charge in [-0.3, -0.25) is 0 Å². The molecule has 2 N–H and O–H groups in total. The number of aryl methyl sites for hydroxylation is 2. The van der Waals surface area contributed by atoms with Crippen LogP contribution < -0.4 is 15.4 Å². The molecule has 178 valence electrons. The second-order valence-electron chi connectivity index (χ2n) is 8.98. The Morgan fingerprint density at radius 2 is 1.45 bits per heavy atom. The van der Waals surface area contributed by atoms with E-state index in [0.29, 0.717) is 6.73 Å². The summed E-state index contributed by atoms with van der Waals surface area (Å²) in [6.45, 7) is 8.90. The summed E-state index contributed by atoms with van der Waals surface area (Å²) in [5, 5.41) is 6.79. The number of hydrogen-bond donors (Lipinski definition) is 2. The van der Waals surface area contributed by atoms with Crippen LogP contribution in [0.15, 0.2) is 12.1 Å². The van der Waals surface area contributed by atoms with Gasteiger partial charge in [-0.2, -0.15) is 0 Å². The third-order valence-electron chi connectivity index (χ3n) is 6.21. The van der Waals surface area contributed by atoms with Crippen LogP contribution in [0.3, 0.4) is 0 Å². The Balaban J connectivity index is 1.64. The quantitative estimate of drug-likeness (QED) is 0.221. The zero-order valence-electron chi connectivity index (χ0n) is 20.4. The number of ether oxygens (including phenoxy) is 2. The van der Waals surface area contributed by atoms with Crippen molar-refractivity contribution in [3.05, 3.63) is 23.3 Å². The van der Waals surface area contributed by atoms with E-state index in [0.717, 1.165) is 44.9 Å². The van der Waals surface area contributed by atoms with E-state index in [2.05, 4.69) is 36.6 Å².